The van der Waals surface area contributed by atoms with Crippen molar-refractivity contribution in [3.05, 3.63) is 129 Å². The largest absolute Gasteiger partial charge is 2.00 e. The second-order valence-electron chi connectivity index (χ2n) is 8.01. The minimum absolute atomic E-state index is 0. The van der Waals surface area contributed by atoms with Gasteiger partial charge >= 0.3 is 19.5 Å². The summed E-state index contributed by atoms with van der Waals surface area (Å²) in [7, 11) is 0. The molecule has 4 aromatic rings. The van der Waals surface area contributed by atoms with Gasteiger partial charge < -0.3 is 30.4 Å². The van der Waals surface area contributed by atoms with Crippen molar-refractivity contribution in [1.29, 1.82) is 0 Å². The van der Waals surface area contributed by atoms with Gasteiger partial charge in [-0.15, -0.1) is 0 Å². The van der Waals surface area contributed by atoms with Gasteiger partial charge in [-0.05, 0) is 73.5 Å². The third-order valence-electron chi connectivity index (χ3n) is 4.65. The van der Waals surface area contributed by atoms with E-state index in [4.69, 9.17) is 19.8 Å². The number of aliphatic carboxylic acids is 2. The van der Waals surface area contributed by atoms with Crippen LogP contribution in [0.15, 0.2) is 97.6 Å². The Bertz CT molecular complexity index is 1280. The summed E-state index contributed by atoms with van der Waals surface area (Å²) in [6.45, 7) is 3.28. The minimum Gasteiger partial charge on any atom is -0.550 e. The number of carboxylic acids is 2. The molecule has 0 saturated heterocycles. The van der Waals surface area contributed by atoms with Gasteiger partial charge in [0.15, 0.2) is 0 Å². The fraction of sp³-hybridized carbons (Fsp3) is 0.143. The van der Waals surface area contributed by atoms with E-state index in [0.29, 0.717) is 13.1 Å². The quantitative estimate of drug-likeness (QED) is 0.161. The molecule has 0 amide bonds. The maximum Gasteiger partial charge on any atom is 2.00 e. The number of rotatable bonds is 8. The number of non-ortho nitro benzene ring substituents is 2. The first-order valence-corrected chi connectivity index (χ1v) is 12.1. The van der Waals surface area contributed by atoms with Crippen molar-refractivity contribution in [2.75, 3.05) is 10.6 Å². The molecular formula is C28H28N6O8Zn. The molecule has 0 saturated carbocycles. The third-order valence-corrected chi connectivity index (χ3v) is 4.65. The molecule has 0 fully saturated rings. The summed E-state index contributed by atoms with van der Waals surface area (Å²) in [4.78, 5) is 45.8. The van der Waals surface area contributed by atoms with Crippen molar-refractivity contribution in [2.45, 2.75) is 26.9 Å². The molecule has 0 aliphatic heterocycles. The van der Waals surface area contributed by atoms with Crippen molar-refractivity contribution in [3.8, 4) is 0 Å². The van der Waals surface area contributed by atoms with Crippen LogP contribution < -0.4 is 20.8 Å². The molecule has 0 unspecified atom stereocenters. The van der Waals surface area contributed by atoms with Crippen LogP contribution in [0, 0.1) is 20.2 Å². The van der Waals surface area contributed by atoms with E-state index in [1.807, 2.05) is 24.3 Å². The molecule has 2 aromatic carbocycles. The van der Waals surface area contributed by atoms with Crippen molar-refractivity contribution >= 4 is 34.7 Å². The molecule has 2 aromatic heterocycles. The predicted octanol–water partition coefficient (Wildman–Crippen LogP) is 2.71. The molecule has 0 aliphatic carbocycles. The number of nitro benzene ring substituents is 2. The van der Waals surface area contributed by atoms with E-state index in [1.165, 1.54) is 24.3 Å². The molecule has 220 valence electrons. The van der Waals surface area contributed by atoms with Crippen LogP contribution in [0.1, 0.15) is 25.0 Å². The predicted molar refractivity (Wildman–Crippen MR) is 151 cm³/mol. The Morgan fingerprint density at radius 2 is 0.860 bits per heavy atom. The van der Waals surface area contributed by atoms with Gasteiger partial charge in [0.25, 0.3) is 11.4 Å². The molecule has 15 heteroatoms. The van der Waals surface area contributed by atoms with Crippen LogP contribution >= 0.6 is 0 Å². The van der Waals surface area contributed by atoms with Crippen LogP contribution in [0.25, 0.3) is 0 Å². The Balaban J connectivity index is 0.000000646. The van der Waals surface area contributed by atoms with E-state index in [1.54, 1.807) is 49.1 Å². The second kappa shape index (κ2) is 21.5. The van der Waals surface area contributed by atoms with E-state index < -0.39 is 21.8 Å². The molecule has 2 heterocycles. The normalized spacial score (nSPS) is 8.98. The van der Waals surface area contributed by atoms with Crippen LogP contribution in [0.2, 0.25) is 0 Å². The van der Waals surface area contributed by atoms with Crippen LogP contribution in [-0.4, -0.2) is 31.8 Å². The fourth-order valence-electron chi connectivity index (χ4n) is 2.81. The number of pyridine rings is 2. The SMILES string of the molecule is CC(=O)[O-].CC(=O)[O-].O=[N+]([O-])c1ccc(NCc2ccncc2)cc1.O=[N+]([O-])c1ccc(NCc2ccncc2)cc1.[Zn+2]. The first kappa shape index (κ1) is 37.7. The summed E-state index contributed by atoms with van der Waals surface area (Å²) >= 11 is 0. The van der Waals surface area contributed by atoms with Gasteiger partial charge in [0.2, 0.25) is 0 Å². The van der Waals surface area contributed by atoms with E-state index in [2.05, 4.69) is 20.6 Å². The molecule has 2 N–H and O–H groups in total. The Hall–Kier alpha value is -5.30. The Labute approximate surface area is 259 Å². The van der Waals surface area contributed by atoms with Gasteiger partial charge in [-0.1, -0.05) is 0 Å². The average Bonchev–Trinajstić information content (AvgIpc) is 2.96. The maximum atomic E-state index is 10.5. The van der Waals surface area contributed by atoms with Gasteiger partial charge in [0.1, 0.15) is 0 Å². The zero-order chi connectivity index (χ0) is 31.3. The number of carbonyl (C=O) groups is 2. The van der Waals surface area contributed by atoms with Crippen LogP contribution in [0.4, 0.5) is 22.7 Å². The number of carbonyl (C=O) groups excluding carboxylic acids is 2. The number of anilines is 2. The van der Waals surface area contributed by atoms with Crippen LogP contribution in [0.5, 0.6) is 0 Å². The number of nitrogens with one attached hydrogen (secondary N) is 2. The van der Waals surface area contributed by atoms with Crippen LogP contribution in [0.3, 0.4) is 0 Å². The molecule has 4 rings (SSSR count). The van der Waals surface area contributed by atoms with E-state index in [-0.39, 0.29) is 30.9 Å². The van der Waals surface area contributed by atoms with Gasteiger partial charge in [-0.2, -0.15) is 0 Å². The van der Waals surface area contributed by atoms with Gasteiger partial charge in [0.05, 0.1) is 9.85 Å². The van der Waals surface area contributed by atoms with E-state index >= 15 is 0 Å². The molecule has 0 bridgehead atoms. The zero-order valence-corrected chi connectivity index (χ0v) is 26.4. The Morgan fingerprint density at radius 1 is 0.605 bits per heavy atom. The molecule has 0 aliphatic rings. The summed E-state index contributed by atoms with van der Waals surface area (Å²) in [5.41, 5.74) is 4.12. The number of benzene rings is 2. The number of aromatic nitrogens is 2. The summed E-state index contributed by atoms with van der Waals surface area (Å²) in [5, 5.41) is 45.1. The minimum atomic E-state index is -1.08. The Morgan fingerprint density at radius 3 is 1.09 bits per heavy atom. The first-order chi connectivity index (χ1) is 20.0. The van der Waals surface area contributed by atoms with Crippen LogP contribution in [-0.2, 0) is 42.2 Å². The Kier molecular flexibility index (Phi) is 18.8. The van der Waals surface area contributed by atoms with Gasteiger partial charge in [0, 0.05) is 85.5 Å². The number of hydrogen-bond acceptors (Lipinski definition) is 12. The topological polar surface area (TPSA) is 216 Å². The first-order valence-electron chi connectivity index (χ1n) is 12.1. The molecule has 43 heavy (non-hydrogen) atoms. The molecular weight excluding hydrogens is 614 g/mol. The number of hydrogen-bond donors (Lipinski definition) is 2. The van der Waals surface area contributed by atoms with Gasteiger partial charge in [-0.3, -0.25) is 30.2 Å². The summed E-state index contributed by atoms with van der Waals surface area (Å²) < 4.78 is 0. The summed E-state index contributed by atoms with van der Waals surface area (Å²) in [6.07, 6.45) is 6.92. The van der Waals surface area contributed by atoms with Crippen molar-refractivity contribution in [2.24, 2.45) is 0 Å². The number of nitro groups is 2. The van der Waals surface area contributed by atoms with E-state index in [0.717, 1.165) is 36.3 Å². The second-order valence-corrected chi connectivity index (χ2v) is 8.01. The fourth-order valence-corrected chi connectivity index (χ4v) is 2.81. The van der Waals surface area contributed by atoms with Crippen molar-refractivity contribution < 1.29 is 49.1 Å². The molecule has 0 atom stereocenters. The summed E-state index contributed by atoms with van der Waals surface area (Å²) in [6, 6.07) is 20.4. The third kappa shape index (κ3) is 18.6. The van der Waals surface area contributed by atoms with Gasteiger partial charge in [-0.25, -0.2) is 0 Å². The average molecular weight is 642 g/mol. The molecule has 0 spiro atoms. The van der Waals surface area contributed by atoms with E-state index in [9.17, 15) is 20.2 Å². The summed E-state index contributed by atoms with van der Waals surface area (Å²) in [5.74, 6) is -2.17. The van der Waals surface area contributed by atoms with Crippen molar-refractivity contribution in [1.82, 2.24) is 9.97 Å². The standard InChI is InChI=1S/2C12H11N3O2.2C2H4O2.Zn/c2*16-15(17)12-3-1-11(2-4-12)14-9-10-5-7-13-8-6-10;2*1-2(3)4;/h2*1-8,14H,9H2;2*1H3,(H,3,4);/q;;;;+2/p-2. The monoisotopic (exact) mass is 640 g/mol. The maximum absolute atomic E-state index is 10.5. The zero-order valence-electron chi connectivity index (χ0n) is 23.4. The van der Waals surface area contributed by atoms with Crippen molar-refractivity contribution in [3.63, 3.8) is 0 Å². The molecule has 0 radical (unpaired) electrons. The number of nitrogens with zero attached hydrogens (tertiary/aromatic N) is 4. The number of carboxylic acid groups (broad SMARTS) is 2. The molecule has 14 nitrogen and oxygen atoms in total. The smallest absolute Gasteiger partial charge is 0.550 e.